The summed E-state index contributed by atoms with van der Waals surface area (Å²) in [7, 11) is 0. The van der Waals surface area contributed by atoms with Gasteiger partial charge in [-0.1, -0.05) is 0 Å². The number of nitrogens with one attached hydrogen (secondary N) is 1. The van der Waals surface area contributed by atoms with Crippen molar-refractivity contribution in [2.24, 2.45) is 5.92 Å². The molecule has 1 aromatic rings. The summed E-state index contributed by atoms with van der Waals surface area (Å²) in [5.74, 6) is 1.89. The van der Waals surface area contributed by atoms with Gasteiger partial charge in [0.25, 0.3) is 5.91 Å². The van der Waals surface area contributed by atoms with Crippen LogP contribution < -0.4 is 10.1 Å². The Kier molecular flexibility index (Phi) is 5.29. The normalized spacial score (nSPS) is 25.6. The Hall–Kier alpha value is -1.59. The SMILES string of the molecule is O=C1Nc2cc3c(cc2OC1CCCN1CCN(CC2CC2)CC1)CCCC3. The highest BCUT2D eigenvalue weighted by molar-refractivity contribution is 5.97. The molecular formula is C23H33N3O2. The van der Waals surface area contributed by atoms with Crippen molar-refractivity contribution in [3.05, 3.63) is 23.3 Å². The molecule has 1 N–H and O–H groups in total. The molecular weight excluding hydrogens is 350 g/mol. The first kappa shape index (κ1) is 18.4. The Morgan fingerprint density at radius 1 is 1.00 bits per heavy atom. The lowest BCUT2D eigenvalue weighted by atomic mass is 9.90. The van der Waals surface area contributed by atoms with Crippen molar-refractivity contribution in [1.82, 2.24) is 9.80 Å². The lowest BCUT2D eigenvalue weighted by Crippen LogP contribution is -2.47. The van der Waals surface area contributed by atoms with E-state index in [4.69, 9.17) is 4.74 Å². The van der Waals surface area contributed by atoms with Crippen molar-refractivity contribution in [1.29, 1.82) is 0 Å². The molecule has 1 saturated carbocycles. The Labute approximate surface area is 168 Å². The third kappa shape index (κ3) is 4.20. The zero-order valence-corrected chi connectivity index (χ0v) is 16.9. The van der Waals surface area contributed by atoms with Gasteiger partial charge in [0.15, 0.2) is 6.10 Å². The highest BCUT2D eigenvalue weighted by atomic mass is 16.5. The lowest BCUT2D eigenvalue weighted by Gasteiger charge is -2.35. The van der Waals surface area contributed by atoms with Crippen molar-refractivity contribution in [2.45, 2.75) is 57.5 Å². The number of benzene rings is 1. The molecule has 5 rings (SSSR count). The number of piperazine rings is 1. The average molecular weight is 384 g/mol. The summed E-state index contributed by atoms with van der Waals surface area (Å²) in [6, 6.07) is 4.31. The van der Waals surface area contributed by atoms with E-state index in [9.17, 15) is 4.79 Å². The first-order valence-corrected chi connectivity index (χ1v) is 11.3. The smallest absolute Gasteiger partial charge is 0.265 e. The fourth-order valence-electron chi connectivity index (χ4n) is 4.93. The van der Waals surface area contributed by atoms with Crippen molar-refractivity contribution in [3.63, 3.8) is 0 Å². The number of anilines is 1. The van der Waals surface area contributed by atoms with Gasteiger partial charge in [0, 0.05) is 32.7 Å². The molecule has 2 aliphatic carbocycles. The maximum absolute atomic E-state index is 12.5. The number of ether oxygens (including phenoxy) is 1. The van der Waals surface area contributed by atoms with Gasteiger partial charge in [-0.05, 0) is 87.1 Å². The standard InChI is InChI=1S/C23H33N3O2/c27-23-21(6-3-9-25-10-12-26(13-11-25)16-17-7-8-17)28-22-15-19-5-2-1-4-18(19)14-20(22)24-23/h14-15,17,21H,1-13,16H2,(H,24,27). The van der Waals surface area contributed by atoms with Crippen LogP contribution in [-0.2, 0) is 17.6 Å². The van der Waals surface area contributed by atoms with Crippen LogP contribution in [0.25, 0.3) is 0 Å². The topological polar surface area (TPSA) is 44.8 Å². The van der Waals surface area contributed by atoms with Crippen LogP contribution in [-0.4, -0.2) is 61.1 Å². The van der Waals surface area contributed by atoms with Gasteiger partial charge >= 0.3 is 0 Å². The second-order valence-electron chi connectivity index (χ2n) is 9.15. The van der Waals surface area contributed by atoms with Crippen molar-refractivity contribution in [2.75, 3.05) is 44.6 Å². The number of hydrogen-bond acceptors (Lipinski definition) is 4. The summed E-state index contributed by atoms with van der Waals surface area (Å²) >= 11 is 0. The molecule has 2 aliphatic heterocycles. The van der Waals surface area contributed by atoms with Crippen LogP contribution in [0.5, 0.6) is 5.75 Å². The van der Waals surface area contributed by atoms with Gasteiger partial charge in [0.1, 0.15) is 5.75 Å². The first-order chi connectivity index (χ1) is 13.7. The molecule has 0 radical (unpaired) electrons. The molecule has 1 amide bonds. The summed E-state index contributed by atoms with van der Waals surface area (Å²) in [6.45, 7) is 7.12. The largest absolute Gasteiger partial charge is 0.478 e. The summed E-state index contributed by atoms with van der Waals surface area (Å²) in [5, 5.41) is 3.09. The van der Waals surface area contributed by atoms with Crippen LogP contribution in [0.15, 0.2) is 12.1 Å². The van der Waals surface area contributed by atoms with Gasteiger partial charge in [-0.3, -0.25) is 4.79 Å². The van der Waals surface area contributed by atoms with E-state index in [-0.39, 0.29) is 12.0 Å². The monoisotopic (exact) mass is 383 g/mol. The lowest BCUT2D eigenvalue weighted by molar-refractivity contribution is -0.123. The van der Waals surface area contributed by atoms with Gasteiger partial charge in [-0.2, -0.15) is 0 Å². The van der Waals surface area contributed by atoms with E-state index in [1.54, 1.807) is 0 Å². The molecule has 1 aromatic carbocycles. The zero-order chi connectivity index (χ0) is 18.9. The van der Waals surface area contributed by atoms with Crippen molar-refractivity contribution >= 4 is 11.6 Å². The first-order valence-electron chi connectivity index (χ1n) is 11.3. The van der Waals surface area contributed by atoms with Gasteiger partial charge < -0.3 is 19.9 Å². The van der Waals surface area contributed by atoms with Crippen LogP contribution >= 0.6 is 0 Å². The summed E-state index contributed by atoms with van der Waals surface area (Å²) in [4.78, 5) is 17.7. The molecule has 5 nitrogen and oxygen atoms in total. The maximum Gasteiger partial charge on any atom is 0.265 e. The predicted octanol–water partition coefficient (Wildman–Crippen LogP) is 3.07. The molecule has 1 atom stereocenters. The van der Waals surface area contributed by atoms with Gasteiger partial charge in [0.05, 0.1) is 5.69 Å². The number of hydrogen-bond donors (Lipinski definition) is 1. The third-order valence-electron chi connectivity index (χ3n) is 6.88. The highest BCUT2D eigenvalue weighted by Gasteiger charge is 2.29. The van der Waals surface area contributed by atoms with Gasteiger partial charge in [-0.15, -0.1) is 0 Å². The van der Waals surface area contributed by atoms with E-state index in [2.05, 4.69) is 27.2 Å². The van der Waals surface area contributed by atoms with Crippen LogP contribution in [0.1, 0.15) is 49.7 Å². The third-order valence-corrected chi connectivity index (χ3v) is 6.88. The number of aryl methyl sites for hydroxylation is 2. The molecule has 5 heteroatoms. The summed E-state index contributed by atoms with van der Waals surface area (Å²) in [6.07, 6.45) is 9.11. The second kappa shape index (κ2) is 8.03. The molecule has 152 valence electrons. The number of amides is 1. The molecule has 2 heterocycles. The van der Waals surface area contributed by atoms with E-state index >= 15 is 0 Å². The van der Waals surface area contributed by atoms with Crippen LogP contribution in [0.3, 0.4) is 0 Å². The molecule has 1 saturated heterocycles. The minimum absolute atomic E-state index is 0.0255. The van der Waals surface area contributed by atoms with E-state index in [1.165, 1.54) is 69.5 Å². The van der Waals surface area contributed by atoms with E-state index in [1.807, 2.05) is 0 Å². The molecule has 0 aromatic heterocycles. The summed E-state index contributed by atoms with van der Waals surface area (Å²) in [5.41, 5.74) is 3.66. The number of carbonyl (C=O) groups excluding carboxylic acids is 1. The second-order valence-corrected chi connectivity index (χ2v) is 9.15. The number of fused-ring (bicyclic) bond motifs is 2. The minimum Gasteiger partial charge on any atom is -0.478 e. The highest BCUT2D eigenvalue weighted by Crippen LogP contribution is 2.36. The fourth-order valence-corrected chi connectivity index (χ4v) is 4.93. The zero-order valence-electron chi connectivity index (χ0n) is 16.9. The Morgan fingerprint density at radius 2 is 1.71 bits per heavy atom. The molecule has 0 bridgehead atoms. The predicted molar refractivity (Wildman–Crippen MR) is 111 cm³/mol. The molecule has 28 heavy (non-hydrogen) atoms. The molecule has 1 unspecified atom stereocenters. The summed E-state index contributed by atoms with van der Waals surface area (Å²) < 4.78 is 6.13. The minimum atomic E-state index is -0.342. The van der Waals surface area contributed by atoms with Crippen LogP contribution in [0, 0.1) is 5.92 Å². The Morgan fingerprint density at radius 3 is 2.46 bits per heavy atom. The Bertz CT molecular complexity index is 723. The molecule has 0 spiro atoms. The van der Waals surface area contributed by atoms with Crippen molar-refractivity contribution in [3.8, 4) is 5.75 Å². The van der Waals surface area contributed by atoms with Crippen molar-refractivity contribution < 1.29 is 9.53 Å². The van der Waals surface area contributed by atoms with E-state index in [0.717, 1.165) is 49.6 Å². The maximum atomic E-state index is 12.5. The van der Waals surface area contributed by atoms with Gasteiger partial charge in [0.2, 0.25) is 0 Å². The molecule has 4 aliphatic rings. The van der Waals surface area contributed by atoms with E-state index < -0.39 is 0 Å². The molecule has 2 fully saturated rings. The average Bonchev–Trinajstić information content (AvgIpc) is 3.52. The van der Waals surface area contributed by atoms with Crippen LogP contribution in [0.4, 0.5) is 5.69 Å². The fraction of sp³-hybridized carbons (Fsp3) is 0.696. The quantitative estimate of drug-likeness (QED) is 0.820. The number of nitrogens with zero attached hydrogens (tertiary/aromatic N) is 2. The van der Waals surface area contributed by atoms with E-state index in [0.29, 0.717) is 0 Å². The number of carbonyl (C=O) groups is 1. The number of rotatable bonds is 6. The Balaban J connectivity index is 1.10. The van der Waals surface area contributed by atoms with Gasteiger partial charge in [-0.25, -0.2) is 0 Å². The van der Waals surface area contributed by atoms with Crippen LogP contribution in [0.2, 0.25) is 0 Å².